The molecule has 120 valence electrons. The Bertz CT molecular complexity index is 526. The van der Waals surface area contributed by atoms with Crippen LogP contribution in [-0.2, 0) is 0 Å². The lowest BCUT2D eigenvalue weighted by atomic mass is 9.93. The van der Waals surface area contributed by atoms with Gasteiger partial charge in [-0.15, -0.1) is 0 Å². The summed E-state index contributed by atoms with van der Waals surface area (Å²) in [4.78, 5) is 23.4. The van der Waals surface area contributed by atoms with Crippen LogP contribution >= 0.6 is 0 Å². The Morgan fingerprint density at radius 1 is 1.32 bits per heavy atom. The molecule has 2 aliphatic rings. The lowest BCUT2D eigenvalue weighted by Crippen LogP contribution is -2.43. The largest absolute Gasteiger partial charge is 0.393 e. The number of rotatable bonds is 3. The van der Waals surface area contributed by atoms with Crippen molar-refractivity contribution in [3.8, 4) is 0 Å². The zero-order chi connectivity index (χ0) is 15.5. The Labute approximate surface area is 131 Å². The smallest absolute Gasteiger partial charge is 0.272 e. The molecule has 5 heteroatoms. The molecule has 1 N–H and O–H groups in total. The highest BCUT2D eigenvalue weighted by Crippen LogP contribution is 2.32. The van der Waals surface area contributed by atoms with E-state index >= 15 is 0 Å². The first-order valence-electron chi connectivity index (χ1n) is 8.45. The van der Waals surface area contributed by atoms with Gasteiger partial charge in [0.05, 0.1) is 6.10 Å². The first-order chi connectivity index (χ1) is 10.6. The Kier molecular flexibility index (Phi) is 4.71. The first kappa shape index (κ1) is 15.4. The van der Waals surface area contributed by atoms with Crippen LogP contribution in [0.1, 0.15) is 67.7 Å². The number of carbonyl (C=O) groups is 1. The van der Waals surface area contributed by atoms with Gasteiger partial charge < -0.3 is 10.0 Å². The van der Waals surface area contributed by atoms with E-state index in [9.17, 15) is 9.90 Å². The van der Waals surface area contributed by atoms with E-state index in [4.69, 9.17) is 0 Å². The van der Waals surface area contributed by atoms with Crippen molar-refractivity contribution in [3.05, 3.63) is 23.8 Å². The van der Waals surface area contributed by atoms with E-state index in [0.29, 0.717) is 18.2 Å². The van der Waals surface area contributed by atoms with E-state index in [1.54, 1.807) is 12.3 Å². The summed E-state index contributed by atoms with van der Waals surface area (Å²) < 4.78 is 0. The van der Waals surface area contributed by atoms with Gasteiger partial charge in [0.2, 0.25) is 0 Å². The minimum Gasteiger partial charge on any atom is -0.393 e. The fourth-order valence-electron chi connectivity index (χ4n) is 3.62. The molecule has 2 unspecified atom stereocenters. The molecular formula is C17H25N3O2. The van der Waals surface area contributed by atoms with Crippen molar-refractivity contribution >= 4 is 5.91 Å². The molecule has 22 heavy (non-hydrogen) atoms. The maximum absolute atomic E-state index is 12.7. The Balaban J connectivity index is 1.72. The fourth-order valence-corrected chi connectivity index (χ4v) is 3.62. The maximum Gasteiger partial charge on any atom is 0.272 e. The van der Waals surface area contributed by atoms with Crippen LogP contribution in [0.3, 0.4) is 0 Å². The monoisotopic (exact) mass is 303 g/mol. The zero-order valence-electron chi connectivity index (χ0n) is 13.2. The molecule has 0 bridgehead atoms. The lowest BCUT2D eigenvalue weighted by molar-refractivity contribution is 0.0461. The van der Waals surface area contributed by atoms with E-state index in [1.807, 2.05) is 11.8 Å². The van der Waals surface area contributed by atoms with Gasteiger partial charge >= 0.3 is 0 Å². The average molecular weight is 303 g/mol. The van der Waals surface area contributed by atoms with Crippen LogP contribution in [0.25, 0.3) is 0 Å². The van der Waals surface area contributed by atoms with Gasteiger partial charge in [-0.05, 0) is 38.7 Å². The summed E-state index contributed by atoms with van der Waals surface area (Å²) in [6.45, 7) is 3.19. The molecule has 1 aliphatic heterocycles. The van der Waals surface area contributed by atoms with Gasteiger partial charge in [0.15, 0.2) is 0 Å². The second-order valence-electron chi connectivity index (χ2n) is 6.68. The van der Waals surface area contributed by atoms with Crippen molar-refractivity contribution in [2.75, 3.05) is 13.1 Å². The molecule has 1 aromatic heterocycles. The van der Waals surface area contributed by atoms with Crippen LogP contribution in [-0.4, -0.2) is 45.1 Å². The number of nitrogens with zero attached hydrogens (tertiary/aromatic N) is 3. The second-order valence-corrected chi connectivity index (χ2v) is 6.68. The minimum absolute atomic E-state index is 0.0213. The molecule has 0 aromatic carbocycles. The van der Waals surface area contributed by atoms with Gasteiger partial charge in [0, 0.05) is 31.1 Å². The predicted molar refractivity (Wildman–Crippen MR) is 83.5 cm³/mol. The minimum atomic E-state index is -0.366. The number of aliphatic hydroxyl groups is 1. The average Bonchev–Trinajstić information content (AvgIpc) is 3.09. The third-order valence-corrected chi connectivity index (χ3v) is 5.04. The molecule has 5 nitrogen and oxygen atoms in total. The first-order valence-corrected chi connectivity index (χ1v) is 8.45. The summed E-state index contributed by atoms with van der Waals surface area (Å²) in [7, 11) is 0. The van der Waals surface area contributed by atoms with Crippen LogP contribution in [0.2, 0.25) is 0 Å². The summed E-state index contributed by atoms with van der Waals surface area (Å²) in [5.41, 5.74) is 0.503. The number of amides is 1. The van der Waals surface area contributed by atoms with E-state index in [1.165, 1.54) is 12.8 Å². The number of hydrogen-bond acceptors (Lipinski definition) is 4. The standard InChI is InChI=1S/C17H25N3O2/c1-12(21)14-7-4-10-20(11-14)17(22)15-8-9-18-16(19-15)13-5-2-3-6-13/h8-9,12-14,21H,2-7,10-11H2,1H3. The molecule has 1 saturated carbocycles. The number of piperidine rings is 1. The number of hydrogen-bond donors (Lipinski definition) is 1. The number of aromatic nitrogens is 2. The highest BCUT2D eigenvalue weighted by molar-refractivity contribution is 5.92. The Hall–Kier alpha value is -1.49. The van der Waals surface area contributed by atoms with E-state index in [0.717, 1.165) is 38.1 Å². The molecular weight excluding hydrogens is 278 g/mol. The second kappa shape index (κ2) is 6.73. The summed E-state index contributed by atoms with van der Waals surface area (Å²) in [6, 6.07) is 1.72. The van der Waals surface area contributed by atoms with Crippen molar-refractivity contribution in [1.29, 1.82) is 0 Å². The van der Waals surface area contributed by atoms with Crippen molar-refractivity contribution in [3.63, 3.8) is 0 Å². The van der Waals surface area contributed by atoms with Crippen LogP contribution in [0.5, 0.6) is 0 Å². The summed E-state index contributed by atoms with van der Waals surface area (Å²) in [6.07, 6.45) is 8.00. The fraction of sp³-hybridized carbons (Fsp3) is 0.706. The number of likely N-dealkylation sites (tertiary alicyclic amines) is 1. The molecule has 1 amide bonds. The third-order valence-electron chi connectivity index (χ3n) is 5.04. The van der Waals surface area contributed by atoms with Crippen LogP contribution in [0.4, 0.5) is 0 Å². The van der Waals surface area contributed by atoms with Gasteiger partial charge in [-0.2, -0.15) is 0 Å². The number of carbonyl (C=O) groups excluding carboxylic acids is 1. The maximum atomic E-state index is 12.7. The van der Waals surface area contributed by atoms with Crippen LogP contribution in [0.15, 0.2) is 12.3 Å². The van der Waals surface area contributed by atoms with Crippen LogP contribution in [0, 0.1) is 5.92 Å². The highest BCUT2D eigenvalue weighted by Gasteiger charge is 2.28. The van der Waals surface area contributed by atoms with Gasteiger partial charge in [-0.1, -0.05) is 12.8 Å². The molecule has 2 atom stereocenters. The Morgan fingerprint density at radius 3 is 2.82 bits per heavy atom. The predicted octanol–water partition coefficient (Wildman–Crippen LogP) is 2.37. The lowest BCUT2D eigenvalue weighted by Gasteiger charge is -2.34. The van der Waals surface area contributed by atoms with Crippen molar-refractivity contribution in [1.82, 2.24) is 14.9 Å². The number of aliphatic hydroxyl groups excluding tert-OH is 1. The third kappa shape index (κ3) is 3.29. The Morgan fingerprint density at radius 2 is 2.09 bits per heavy atom. The van der Waals surface area contributed by atoms with Gasteiger partial charge in [-0.25, -0.2) is 9.97 Å². The van der Waals surface area contributed by atoms with E-state index < -0.39 is 0 Å². The van der Waals surface area contributed by atoms with Crippen molar-refractivity contribution in [2.24, 2.45) is 5.92 Å². The summed E-state index contributed by atoms with van der Waals surface area (Å²) in [5.74, 6) is 1.40. The molecule has 2 heterocycles. The van der Waals surface area contributed by atoms with Crippen molar-refractivity contribution in [2.45, 2.75) is 57.5 Å². The normalized spacial score (nSPS) is 24.5. The van der Waals surface area contributed by atoms with E-state index in [2.05, 4.69) is 9.97 Å². The SMILES string of the molecule is CC(O)C1CCCN(C(=O)c2ccnc(C3CCCC3)n2)C1. The molecule has 0 radical (unpaired) electrons. The molecule has 1 aromatic rings. The van der Waals surface area contributed by atoms with Crippen LogP contribution < -0.4 is 0 Å². The molecule has 2 fully saturated rings. The summed E-state index contributed by atoms with van der Waals surface area (Å²) in [5, 5.41) is 9.77. The summed E-state index contributed by atoms with van der Waals surface area (Å²) >= 11 is 0. The topological polar surface area (TPSA) is 66.3 Å². The van der Waals surface area contributed by atoms with Gasteiger partial charge in [0.1, 0.15) is 11.5 Å². The molecule has 1 aliphatic carbocycles. The van der Waals surface area contributed by atoms with Crippen molar-refractivity contribution < 1.29 is 9.90 Å². The molecule has 1 saturated heterocycles. The molecule has 0 spiro atoms. The van der Waals surface area contributed by atoms with Gasteiger partial charge in [0.25, 0.3) is 5.91 Å². The quantitative estimate of drug-likeness (QED) is 0.931. The molecule has 3 rings (SSSR count). The van der Waals surface area contributed by atoms with Gasteiger partial charge in [-0.3, -0.25) is 4.79 Å². The highest BCUT2D eigenvalue weighted by atomic mass is 16.3. The van der Waals surface area contributed by atoms with E-state index in [-0.39, 0.29) is 17.9 Å². The zero-order valence-corrected chi connectivity index (χ0v) is 13.2.